The Hall–Kier alpha value is -4.32. The Labute approximate surface area is 190 Å². The van der Waals surface area contributed by atoms with Crippen LogP contribution < -0.4 is 4.74 Å². The SMILES string of the molecule is COC(=O)c1oc2cc(OCc3nc(-c4ccccc4)oc3C)ccc2c1-c1ccccc1. The van der Waals surface area contributed by atoms with Crippen LogP contribution in [0.2, 0.25) is 0 Å². The third-order valence-corrected chi connectivity index (χ3v) is 5.38. The maximum atomic E-state index is 12.4. The minimum absolute atomic E-state index is 0.163. The first kappa shape index (κ1) is 20.6. The van der Waals surface area contributed by atoms with Crippen molar-refractivity contribution in [1.82, 2.24) is 4.98 Å². The van der Waals surface area contributed by atoms with Gasteiger partial charge in [0.05, 0.1) is 7.11 Å². The molecule has 0 fully saturated rings. The number of ether oxygens (including phenoxy) is 2. The van der Waals surface area contributed by atoms with Gasteiger partial charge in [0, 0.05) is 22.6 Å². The number of hydrogen-bond donors (Lipinski definition) is 0. The highest BCUT2D eigenvalue weighted by atomic mass is 16.5. The summed E-state index contributed by atoms with van der Waals surface area (Å²) in [5.41, 5.74) is 3.73. The third kappa shape index (κ3) is 3.99. The molecule has 6 nitrogen and oxygen atoms in total. The first-order valence-electron chi connectivity index (χ1n) is 10.5. The monoisotopic (exact) mass is 439 g/mol. The van der Waals surface area contributed by atoms with Crippen LogP contribution in [0.5, 0.6) is 5.75 Å². The summed E-state index contributed by atoms with van der Waals surface area (Å²) in [7, 11) is 1.34. The zero-order valence-electron chi connectivity index (χ0n) is 18.2. The highest BCUT2D eigenvalue weighted by molar-refractivity contribution is 6.06. The average Bonchev–Trinajstić information content (AvgIpc) is 3.43. The first-order valence-corrected chi connectivity index (χ1v) is 10.5. The number of nitrogens with zero attached hydrogens (tertiary/aromatic N) is 1. The Morgan fingerprint density at radius 2 is 1.61 bits per heavy atom. The van der Waals surface area contributed by atoms with Gasteiger partial charge in [-0.2, -0.15) is 0 Å². The summed E-state index contributed by atoms with van der Waals surface area (Å²) < 4.78 is 22.6. The standard InChI is InChI=1S/C27H21NO5/c1-17-22(28-26(32-17)19-11-7-4-8-12-19)16-31-20-13-14-21-23(15-20)33-25(27(29)30-2)24(21)18-9-5-3-6-10-18/h3-15H,16H2,1-2H3. The molecule has 2 aromatic heterocycles. The van der Waals surface area contributed by atoms with Gasteiger partial charge in [0.25, 0.3) is 0 Å². The molecule has 0 saturated carbocycles. The number of furan rings is 1. The number of carbonyl (C=O) groups excluding carboxylic acids is 1. The molecule has 0 atom stereocenters. The van der Waals surface area contributed by atoms with Crippen molar-refractivity contribution in [1.29, 1.82) is 0 Å². The molecule has 0 unspecified atom stereocenters. The molecule has 6 heteroatoms. The van der Waals surface area contributed by atoms with E-state index in [1.807, 2.05) is 79.7 Å². The Bertz CT molecular complexity index is 1420. The van der Waals surface area contributed by atoms with Crippen LogP contribution in [-0.2, 0) is 11.3 Å². The second-order valence-electron chi connectivity index (χ2n) is 7.50. The zero-order valence-corrected chi connectivity index (χ0v) is 18.2. The number of fused-ring (bicyclic) bond motifs is 1. The molecular formula is C27H21NO5. The molecule has 0 aliphatic carbocycles. The van der Waals surface area contributed by atoms with E-state index in [0.29, 0.717) is 34.2 Å². The topological polar surface area (TPSA) is 74.7 Å². The van der Waals surface area contributed by atoms with Crippen molar-refractivity contribution >= 4 is 16.9 Å². The molecule has 0 aliphatic heterocycles. The molecule has 0 aliphatic rings. The van der Waals surface area contributed by atoms with Crippen molar-refractivity contribution in [3.8, 4) is 28.3 Å². The number of rotatable bonds is 6. The summed E-state index contributed by atoms with van der Waals surface area (Å²) in [6.07, 6.45) is 0. The second kappa shape index (κ2) is 8.67. The normalized spacial score (nSPS) is 11.0. The molecule has 0 amide bonds. The minimum atomic E-state index is -0.529. The van der Waals surface area contributed by atoms with Crippen LogP contribution in [0.3, 0.4) is 0 Å². The minimum Gasteiger partial charge on any atom is -0.487 e. The first-order chi connectivity index (χ1) is 16.1. The van der Waals surface area contributed by atoms with Gasteiger partial charge >= 0.3 is 5.97 Å². The Morgan fingerprint density at radius 1 is 0.909 bits per heavy atom. The smallest absolute Gasteiger partial charge is 0.374 e. The molecule has 0 bridgehead atoms. The maximum Gasteiger partial charge on any atom is 0.374 e. The molecule has 33 heavy (non-hydrogen) atoms. The van der Waals surface area contributed by atoms with Crippen LogP contribution in [0, 0.1) is 6.92 Å². The molecule has 2 heterocycles. The fraction of sp³-hybridized carbons (Fsp3) is 0.111. The van der Waals surface area contributed by atoms with Crippen LogP contribution in [0.25, 0.3) is 33.6 Å². The Balaban J connectivity index is 1.44. The van der Waals surface area contributed by atoms with Gasteiger partial charge in [-0.25, -0.2) is 9.78 Å². The molecule has 0 spiro atoms. The average molecular weight is 439 g/mol. The summed E-state index contributed by atoms with van der Waals surface area (Å²) in [5.74, 6) is 1.49. The summed E-state index contributed by atoms with van der Waals surface area (Å²) in [6.45, 7) is 2.10. The fourth-order valence-corrected chi connectivity index (χ4v) is 3.71. The van der Waals surface area contributed by atoms with Gasteiger partial charge in [-0.15, -0.1) is 0 Å². The van der Waals surface area contributed by atoms with Crippen LogP contribution in [-0.4, -0.2) is 18.1 Å². The van der Waals surface area contributed by atoms with Crippen molar-refractivity contribution in [2.45, 2.75) is 13.5 Å². The maximum absolute atomic E-state index is 12.4. The van der Waals surface area contributed by atoms with Gasteiger partial charge in [0.2, 0.25) is 11.7 Å². The molecule has 164 valence electrons. The highest BCUT2D eigenvalue weighted by Gasteiger charge is 2.23. The Kier molecular flexibility index (Phi) is 5.40. The molecule has 0 saturated heterocycles. The number of esters is 1. The van der Waals surface area contributed by atoms with Crippen molar-refractivity contribution in [3.63, 3.8) is 0 Å². The van der Waals surface area contributed by atoms with Crippen LogP contribution >= 0.6 is 0 Å². The van der Waals surface area contributed by atoms with E-state index in [1.54, 1.807) is 6.07 Å². The van der Waals surface area contributed by atoms with Crippen LogP contribution in [0.1, 0.15) is 22.0 Å². The van der Waals surface area contributed by atoms with E-state index in [9.17, 15) is 4.79 Å². The summed E-state index contributed by atoms with van der Waals surface area (Å²) in [4.78, 5) is 16.9. The molecule has 3 aromatic carbocycles. The molecule has 5 rings (SSSR count). The van der Waals surface area contributed by atoms with Gasteiger partial charge in [0.1, 0.15) is 29.4 Å². The van der Waals surface area contributed by atoms with Gasteiger partial charge in [0.15, 0.2) is 0 Å². The number of aromatic nitrogens is 1. The van der Waals surface area contributed by atoms with Crippen LogP contribution in [0.4, 0.5) is 0 Å². The van der Waals surface area contributed by atoms with Gasteiger partial charge in [-0.1, -0.05) is 48.5 Å². The highest BCUT2D eigenvalue weighted by Crippen LogP contribution is 2.37. The van der Waals surface area contributed by atoms with Crippen molar-refractivity contribution in [3.05, 3.63) is 96.1 Å². The number of hydrogen-bond acceptors (Lipinski definition) is 6. The number of carbonyl (C=O) groups is 1. The Morgan fingerprint density at radius 3 is 2.30 bits per heavy atom. The van der Waals surface area contributed by atoms with E-state index in [2.05, 4.69) is 4.98 Å². The quantitative estimate of drug-likeness (QED) is 0.284. The molecular weight excluding hydrogens is 418 g/mol. The van der Waals surface area contributed by atoms with Gasteiger partial charge in [-0.3, -0.25) is 0 Å². The molecule has 5 aromatic rings. The summed E-state index contributed by atoms with van der Waals surface area (Å²) in [5, 5.41) is 0.804. The predicted molar refractivity (Wildman–Crippen MR) is 124 cm³/mol. The van der Waals surface area contributed by atoms with Gasteiger partial charge < -0.3 is 18.3 Å². The van der Waals surface area contributed by atoms with Gasteiger partial charge in [-0.05, 0) is 36.8 Å². The lowest BCUT2D eigenvalue weighted by atomic mass is 10.0. The molecule has 0 N–H and O–H groups in total. The predicted octanol–water partition coefficient (Wildman–Crippen LogP) is 6.43. The van der Waals surface area contributed by atoms with E-state index in [-0.39, 0.29) is 12.4 Å². The summed E-state index contributed by atoms with van der Waals surface area (Å²) in [6, 6.07) is 24.8. The second-order valence-corrected chi connectivity index (χ2v) is 7.50. The van der Waals surface area contributed by atoms with E-state index in [0.717, 1.165) is 16.5 Å². The number of aryl methyl sites for hydroxylation is 1. The van der Waals surface area contributed by atoms with E-state index in [1.165, 1.54) is 7.11 Å². The van der Waals surface area contributed by atoms with E-state index >= 15 is 0 Å². The van der Waals surface area contributed by atoms with Crippen LogP contribution in [0.15, 0.2) is 87.7 Å². The zero-order chi connectivity index (χ0) is 22.8. The third-order valence-electron chi connectivity index (χ3n) is 5.38. The summed E-state index contributed by atoms with van der Waals surface area (Å²) >= 11 is 0. The lowest BCUT2D eigenvalue weighted by Gasteiger charge is -2.05. The number of oxazole rings is 1. The van der Waals surface area contributed by atoms with Crippen molar-refractivity contribution in [2.24, 2.45) is 0 Å². The molecule has 0 radical (unpaired) electrons. The van der Waals surface area contributed by atoms with E-state index in [4.69, 9.17) is 18.3 Å². The largest absolute Gasteiger partial charge is 0.487 e. The van der Waals surface area contributed by atoms with E-state index < -0.39 is 5.97 Å². The fourth-order valence-electron chi connectivity index (χ4n) is 3.71. The lowest BCUT2D eigenvalue weighted by Crippen LogP contribution is -2.00. The number of methoxy groups -OCH3 is 1. The van der Waals surface area contributed by atoms with Crippen molar-refractivity contribution in [2.75, 3.05) is 7.11 Å². The number of benzene rings is 3. The lowest BCUT2D eigenvalue weighted by molar-refractivity contribution is 0.0569. The van der Waals surface area contributed by atoms with Crippen molar-refractivity contribution < 1.29 is 23.1 Å².